The molecule has 2 amide bonds. The summed E-state index contributed by atoms with van der Waals surface area (Å²) < 4.78 is 66.0. The minimum atomic E-state index is -4.63. The van der Waals surface area contributed by atoms with Crippen molar-refractivity contribution < 1.29 is 31.2 Å². The number of carbonyl (C=O) groups excluding carboxylic acids is 2. The van der Waals surface area contributed by atoms with E-state index in [2.05, 4.69) is 16.0 Å². The number of amides is 2. The zero-order valence-corrected chi connectivity index (χ0v) is 24.4. The number of thioether (sulfide) groups is 1. The summed E-state index contributed by atoms with van der Waals surface area (Å²) >= 11 is 1.52. The van der Waals surface area contributed by atoms with Gasteiger partial charge in [-0.1, -0.05) is 26.7 Å². The molecule has 3 rings (SSSR count). The van der Waals surface area contributed by atoms with Gasteiger partial charge in [0.1, 0.15) is 0 Å². The molecule has 1 fully saturated rings. The van der Waals surface area contributed by atoms with E-state index in [9.17, 15) is 31.2 Å². The van der Waals surface area contributed by atoms with Gasteiger partial charge in [0.2, 0.25) is 5.91 Å². The summed E-state index contributed by atoms with van der Waals surface area (Å²) in [4.78, 5) is 26.8. The topological polar surface area (TPSA) is 104 Å². The monoisotopic (exact) mass is 599 g/mol. The van der Waals surface area contributed by atoms with Crippen LogP contribution in [0.4, 0.5) is 18.9 Å². The number of anilines is 1. The van der Waals surface area contributed by atoms with Gasteiger partial charge in [0.05, 0.1) is 28.3 Å². The lowest BCUT2D eigenvalue weighted by atomic mass is 9.86. The first-order valence-corrected chi connectivity index (χ1v) is 16.1. The molecule has 12 heteroatoms. The minimum Gasteiger partial charge on any atom is -0.384 e. The van der Waals surface area contributed by atoms with Crippen molar-refractivity contribution in [1.29, 1.82) is 0 Å². The Bertz CT molecular complexity index is 1280. The Kier molecular flexibility index (Phi) is 10.9. The van der Waals surface area contributed by atoms with Crippen molar-refractivity contribution in [3.63, 3.8) is 0 Å². The molecule has 0 heterocycles. The third-order valence-corrected chi connectivity index (χ3v) is 9.41. The Morgan fingerprint density at radius 2 is 1.73 bits per heavy atom. The van der Waals surface area contributed by atoms with E-state index in [1.54, 1.807) is 24.3 Å². The van der Waals surface area contributed by atoms with Crippen molar-refractivity contribution in [3.05, 3.63) is 53.6 Å². The van der Waals surface area contributed by atoms with E-state index in [1.807, 2.05) is 20.1 Å². The molecule has 3 N–H and O–H groups in total. The second-order valence-electron chi connectivity index (χ2n) is 10.4. The molecule has 2 atom stereocenters. The molecule has 40 heavy (non-hydrogen) atoms. The van der Waals surface area contributed by atoms with Gasteiger partial charge in [0.25, 0.3) is 5.91 Å². The number of hydrogen-bond donors (Lipinski definition) is 3. The molecule has 0 aliphatic heterocycles. The van der Waals surface area contributed by atoms with Crippen molar-refractivity contribution in [1.82, 2.24) is 10.6 Å². The molecule has 2 aromatic carbocycles. The predicted molar refractivity (Wildman–Crippen MR) is 151 cm³/mol. The SMILES string of the molecule is CSc1ccc(S(=O)(=O)C[C@@H]2CCCC[C@@H]2NC(=O)CNC(=O)c2cc(C(F)(F)F)ccc2NCC(C)C)cc1. The molecule has 220 valence electrons. The van der Waals surface area contributed by atoms with E-state index in [4.69, 9.17) is 0 Å². The van der Waals surface area contributed by atoms with Crippen LogP contribution in [0.15, 0.2) is 52.3 Å². The molecule has 0 radical (unpaired) electrons. The number of hydrogen-bond acceptors (Lipinski definition) is 6. The van der Waals surface area contributed by atoms with E-state index in [1.165, 1.54) is 17.8 Å². The van der Waals surface area contributed by atoms with Crippen LogP contribution in [0.2, 0.25) is 0 Å². The summed E-state index contributed by atoms with van der Waals surface area (Å²) in [5, 5.41) is 8.24. The Hall–Kier alpha value is -2.73. The minimum absolute atomic E-state index is 0.113. The third-order valence-electron chi connectivity index (χ3n) is 6.81. The van der Waals surface area contributed by atoms with Crippen molar-refractivity contribution in [2.45, 2.75) is 61.5 Å². The van der Waals surface area contributed by atoms with Gasteiger partial charge in [-0.25, -0.2) is 8.42 Å². The predicted octanol–water partition coefficient (Wildman–Crippen LogP) is 5.37. The maximum atomic E-state index is 13.3. The summed E-state index contributed by atoms with van der Waals surface area (Å²) in [5.41, 5.74) is -0.938. The van der Waals surface area contributed by atoms with Crippen LogP contribution in [0.1, 0.15) is 55.5 Å². The Morgan fingerprint density at radius 1 is 1.05 bits per heavy atom. The van der Waals surface area contributed by atoms with E-state index in [0.717, 1.165) is 29.9 Å². The van der Waals surface area contributed by atoms with Crippen LogP contribution in [0.5, 0.6) is 0 Å². The highest BCUT2D eigenvalue weighted by Gasteiger charge is 2.33. The highest BCUT2D eigenvalue weighted by Crippen LogP contribution is 2.32. The number of sulfone groups is 1. The summed E-state index contributed by atoms with van der Waals surface area (Å²) in [6.07, 6.45) is 0.179. The Balaban J connectivity index is 1.65. The normalized spacial score (nSPS) is 17.9. The van der Waals surface area contributed by atoms with Gasteiger partial charge in [0, 0.05) is 23.2 Å². The lowest BCUT2D eigenvalue weighted by molar-refractivity contribution is -0.137. The Labute approximate surface area is 238 Å². The number of benzene rings is 2. The molecule has 0 unspecified atom stereocenters. The molecule has 1 aliphatic carbocycles. The second-order valence-corrected chi connectivity index (χ2v) is 13.3. The van der Waals surface area contributed by atoms with Crippen LogP contribution in [0.3, 0.4) is 0 Å². The number of alkyl halides is 3. The average Bonchev–Trinajstić information content (AvgIpc) is 2.91. The van der Waals surface area contributed by atoms with Crippen molar-refractivity contribution in [3.8, 4) is 0 Å². The molecular weight excluding hydrogens is 563 g/mol. The van der Waals surface area contributed by atoms with Gasteiger partial charge in [-0.2, -0.15) is 13.2 Å². The molecule has 0 bridgehead atoms. The molecular formula is C28H36F3N3O4S2. The van der Waals surface area contributed by atoms with E-state index >= 15 is 0 Å². The first-order chi connectivity index (χ1) is 18.8. The summed E-state index contributed by atoms with van der Waals surface area (Å²) in [7, 11) is -3.58. The van der Waals surface area contributed by atoms with Gasteiger partial charge >= 0.3 is 6.18 Å². The van der Waals surface area contributed by atoms with Crippen LogP contribution in [0.25, 0.3) is 0 Å². The molecule has 2 aromatic rings. The van der Waals surface area contributed by atoms with Crippen LogP contribution in [0, 0.1) is 11.8 Å². The smallest absolute Gasteiger partial charge is 0.384 e. The van der Waals surface area contributed by atoms with Crippen LogP contribution in [-0.4, -0.2) is 51.4 Å². The fraction of sp³-hybridized carbons (Fsp3) is 0.500. The van der Waals surface area contributed by atoms with Gasteiger partial charge < -0.3 is 16.0 Å². The maximum Gasteiger partial charge on any atom is 0.416 e. The van der Waals surface area contributed by atoms with Gasteiger partial charge in [0.15, 0.2) is 9.84 Å². The zero-order valence-electron chi connectivity index (χ0n) is 22.8. The van der Waals surface area contributed by atoms with Crippen LogP contribution in [-0.2, 0) is 20.8 Å². The Morgan fingerprint density at radius 3 is 2.35 bits per heavy atom. The standard InChI is InChI=1S/C28H36F3N3O4S2/c1-18(2)15-32-25-13-8-20(28(29,30)31)14-23(25)27(36)33-16-26(35)34-24-7-5-4-6-19(24)17-40(37,38)22-11-9-21(39-3)10-12-22/h8-14,18-19,24,32H,4-7,15-17H2,1-3H3,(H,33,36)(H,34,35)/t19-,24-/m0/s1. The first-order valence-electron chi connectivity index (χ1n) is 13.2. The van der Waals surface area contributed by atoms with E-state index in [-0.39, 0.29) is 33.7 Å². The lowest BCUT2D eigenvalue weighted by Crippen LogP contribution is -2.47. The fourth-order valence-corrected chi connectivity index (χ4v) is 6.76. The first kappa shape index (κ1) is 31.8. The molecule has 0 saturated heterocycles. The number of carbonyl (C=O) groups is 2. The molecule has 1 saturated carbocycles. The fourth-order valence-electron chi connectivity index (χ4n) is 4.65. The highest BCUT2D eigenvalue weighted by atomic mass is 32.2. The second kappa shape index (κ2) is 13.8. The van der Waals surface area contributed by atoms with Crippen LogP contribution >= 0.6 is 11.8 Å². The number of nitrogens with one attached hydrogen (secondary N) is 3. The quantitative estimate of drug-likeness (QED) is 0.300. The summed E-state index contributed by atoms with van der Waals surface area (Å²) in [6.45, 7) is 3.84. The van der Waals surface area contributed by atoms with Crippen molar-refractivity contribution in [2.75, 3.05) is 30.4 Å². The molecule has 0 spiro atoms. The zero-order chi connectivity index (χ0) is 29.5. The van der Waals surface area contributed by atoms with Crippen molar-refractivity contribution >= 4 is 39.1 Å². The highest BCUT2D eigenvalue weighted by molar-refractivity contribution is 7.98. The largest absolute Gasteiger partial charge is 0.416 e. The van der Waals surface area contributed by atoms with E-state index in [0.29, 0.717) is 19.4 Å². The van der Waals surface area contributed by atoms with E-state index < -0.39 is 46.0 Å². The maximum absolute atomic E-state index is 13.3. The third kappa shape index (κ3) is 8.89. The van der Waals surface area contributed by atoms with Crippen molar-refractivity contribution in [2.24, 2.45) is 11.8 Å². The summed E-state index contributed by atoms with van der Waals surface area (Å²) in [5.74, 6) is -1.57. The van der Waals surface area contributed by atoms with Gasteiger partial charge in [-0.05, 0) is 73.4 Å². The molecule has 7 nitrogen and oxygen atoms in total. The van der Waals surface area contributed by atoms with Gasteiger partial charge in [-0.3, -0.25) is 9.59 Å². The molecule has 0 aromatic heterocycles. The van der Waals surface area contributed by atoms with Gasteiger partial charge in [-0.15, -0.1) is 11.8 Å². The van der Waals surface area contributed by atoms with Crippen LogP contribution < -0.4 is 16.0 Å². The number of rotatable bonds is 11. The number of halogens is 3. The average molecular weight is 600 g/mol. The lowest BCUT2D eigenvalue weighted by Gasteiger charge is -2.32. The molecule has 1 aliphatic rings. The summed E-state index contributed by atoms with van der Waals surface area (Å²) in [6, 6.07) is 9.18.